The van der Waals surface area contributed by atoms with Gasteiger partial charge in [0.15, 0.2) is 0 Å². The van der Waals surface area contributed by atoms with Crippen molar-refractivity contribution >= 4 is 0 Å². The molecule has 1 aromatic rings. The van der Waals surface area contributed by atoms with E-state index in [9.17, 15) is 4.39 Å². The first-order valence-electron chi connectivity index (χ1n) is 6.08. The average Bonchev–Trinajstić information content (AvgIpc) is 3.13. The van der Waals surface area contributed by atoms with Crippen molar-refractivity contribution in [1.82, 2.24) is 4.90 Å². The average molecular weight is 238 g/mol. The van der Waals surface area contributed by atoms with E-state index in [2.05, 4.69) is 4.90 Å². The molecule has 1 aromatic carbocycles. The predicted molar refractivity (Wildman–Crippen MR) is 65.0 cm³/mol. The summed E-state index contributed by atoms with van der Waals surface area (Å²) in [7, 11) is 0. The van der Waals surface area contributed by atoms with E-state index < -0.39 is 0 Å². The summed E-state index contributed by atoms with van der Waals surface area (Å²) in [6, 6.07) is 7.07. The Morgan fingerprint density at radius 2 is 2.24 bits per heavy atom. The van der Waals surface area contributed by atoms with Gasteiger partial charge < -0.3 is 10.8 Å². The molecule has 94 valence electrons. The molecule has 3 nitrogen and oxygen atoms in total. The Balaban J connectivity index is 2.18. The second-order valence-corrected chi connectivity index (χ2v) is 4.50. The van der Waals surface area contributed by atoms with Crippen LogP contribution in [0.25, 0.3) is 0 Å². The third-order valence-corrected chi connectivity index (χ3v) is 3.23. The third kappa shape index (κ3) is 3.03. The van der Waals surface area contributed by atoms with Gasteiger partial charge >= 0.3 is 0 Å². The molecule has 1 aliphatic rings. The number of rotatable bonds is 6. The largest absolute Gasteiger partial charge is 0.395 e. The first-order chi connectivity index (χ1) is 8.26. The molecule has 0 aromatic heterocycles. The van der Waals surface area contributed by atoms with Gasteiger partial charge in [0.25, 0.3) is 0 Å². The van der Waals surface area contributed by atoms with Crippen LogP contribution in [0.5, 0.6) is 0 Å². The lowest BCUT2D eigenvalue weighted by molar-refractivity contribution is 0.145. The van der Waals surface area contributed by atoms with E-state index >= 15 is 0 Å². The van der Waals surface area contributed by atoms with E-state index in [1.54, 1.807) is 6.07 Å². The molecule has 1 fully saturated rings. The highest BCUT2D eigenvalue weighted by Gasteiger charge is 2.33. The van der Waals surface area contributed by atoms with E-state index in [-0.39, 0.29) is 18.5 Å². The molecular formula is C13H19FN2O. The van der Waals surface area contributed by atoms with Gasteiger partial charge in [0, 0.05) is 25.2 Å². The highest BCUT2D eigenvalue weighted by molar-refractivity contribution is 5.21. The Hall–Kier alpha value is -0.970. The van der Waals surface area contributed by atoms with Crippen molar-refractivity contribution in [2.75, 3.05) is 19.7 Å². The summed E-state index contributed by atoms with van der Waals surface area (Å²) in [6.45, 7) is 1.16. The maximum Gasteiger partial charge on any atom is 0.123 e. The van der Waals surface area contributed by atoms with Crippen LogP contribution in [0.2, 0.25) is 0 Å². The normalized spacial score (nSPS) is 17.4. The summed E-state index contributed by atoms with van der Waals surface area (Å²) in [5, 5.41) is 9.10. The first kappa shape index (κ1) is 12.5. The lowest BCUT2D eigenvalue weighted by Gasteiger charge is -2.30. The molecule has 17 heavy (non-hydrogen) atoms. The quantitative estimate of drug-likeness (QED) is 0.785. The fourth-order valence-electron chi connectivity index (χ4n) is 2.29. The molecule has 0 bridgehead atoms. The van der Waals surface area contributed by atoms with Gasteiger partial charge in [-0.2, -0.15) is 0 Å². The summed E-state index contributed by atoms with van der Waals surface area (Å²) >= 11 is 0. The van der Waals surface area contributed by atoms with Crippen molar-refractivity contribution in [1.29, 1.82) is 0 Å². The highest BCUT2D eigenvalue weighted by atomic mass is 19.1. The maximum atomic E-state index is 13.2. The van der Waals surface area contributed by atoms with E-state index in [1.165, 1.54) is 12.1 Å². The third-order valence-electron chi connectivity index (χ3n) is 3.23. The molecule has 0 spiro atoms. The van der Waals surface area contributed by atoms with Crippen LogP contribution in [-0.4, -0.2) is 35.7 Å². The molecule has 3 N–H and O–H groups in total. The Morgan fingerprint density at radius 1 is 1.47 bits per heavy atom. The molecule has 1 aliphatic carbocycles. The highest BCUT2D eigenvalue weighted by Crippen LogP contribution is 2.33. The minimum absolute atomic E-state index is 0.00495. The zero-order chi connectivity index (χ0) is 12.3. The number of benzene rings is 1. The molecule has 4 heteroatoms. The Labute approximate surface area is 101 Å². The molecule has 0 aliphatic heterocycles. The van der Waals surface area contributed by atoms with Gasteiger partial charge in [0.05, 0.1) is 6.61 Å². The lowest BCUT2D eigenvalue weighted by Crippen LogP contribution is -2.37. The lowest BCUT2D eigenvalue weighted by atomic mass is 10.0. The van der Waals surface area contributed by atoms with Crippen LogP contribution in [0.4, 0.5) is 4.39 Å². The number of halogens is 1. The Kier molecular flexibility index (Phi) is 4.10. The summed E-state index contributed by atoms with van der Waals surface area (Å²) in [5.41, 5.74) is 6.70. The van der Waals surface area contributed by atoms with Crippen LogP contribution >= 0.6 is 0 Å². The van der Waals surface area contributed by atoms with E-state index in [0.717, 1.165) is 18.4 Å². The van der Waals surface area contributed by atoms with Gasteiger partial charge in [-0.3, -0.25) is 4.90 Å². The van der Waals surface area contributed by atoms with E-state index in [4.69, 9.17) is 10.8 Å². The summed E-state index contributed by atoms with van der Waals surface area (Å²) < 4.78 is 13.2. The number of hydrogen-bond acceptors (Lipinski definition) is 3. The van der Waals surface area contributed by atoms with Crippen LogP contribution in [0.15, 0.2) is 24.3 Å². The van der Waals surface area contributed by atoms with Crippen molar-refractivity contribution < 1.29 is 9.50 Å². The second kappa shape index (κ2) is 5.58. The van der Waals surface area contributed by atoms with Crippen LogP contribution in [0.1, 0.15) is 24.4 Å². The SMILES string of the molecule is NCC(c1cccc(F)c1)N(CCO)C1CC1. The minimum atomic E-state index is -0.235. The standard InChI is InChI=1S/C13H19FN2O/c14-11-3-1-2-10(8-11)13(9-15)16(6-7-17)12-4-5-12/h1-3,8,12-13,17H,4-7,9,15H2. The molecule has 0 saturated heterocycles. The van der Waals surface area contributed by atoms with Crippen molar-refractivity contribution in [3.8, 4) is 0 Å². The number of nitrogens with two attached hydrogens (primary N) is 1. The van der Waals surface area contributed by atoms with E-state index in [1.807, 2.05) is 6.07 Å². The molecule has 1 atom stereocenters. The van der Waals surface area contributed by atoms with Gasteiger partial charge in [0.2, 0.25) is 0 Å². The molecule has 0 amide bonds. The second-order valence-electron chi connectivity index (χ2n) is 4.50. The Bertz CT molecular complexity index is 368. The zero-order valence-corrected chi connectivity index (χ0v) is 9.85. The molecule has 0 heterocycles. The Morgan fingerprint density at radius 3 is 2.76 bits per heavy atom. The fraction of sp³-hybridized carbons (Fsp3) is 0.538. The van der Waals surface area contributed by atoms with Gasteiger partial charge in [-0.15, -0.1) is 0 Å². The first-order valence-corrected chi connectivity index (χ1v) is 6.08. The number of hydrogen-bond donors (Lipinski definition) is 2. The molecular weight excluding hydrogens is 219 g/mol. The van der Waals surface area contributed by atoms with Crippen LogP contribution in [0.3, 0.4) is 0 Å². The smallest absolute Gasteiger partial charge is 0.123 e. The molecule has 1 saturated carbocycles. The van der Waals surface area contributed by atoms with Gasteiger partial charge in [0.1, 0.15) is 5.82 Å². The van der Waals surface area contributed by atoms with Crippen molar-refractivity contribution in [2.45, 2.75) is 24.9 Å². The van der Waals surface area contributed by atoms with Crippen LogP contribution < -0.4 is 5.73 Å². The minimum Gasteiger partial charge on any atom is -0.395 e. The molecule has 2 rings (SSSR count). The monoisotopic (exact) mass is 238 g/mol. The van der Waals surface area contributed by atoms with Gasteiger partial charge in [-0.25, -0.2) is 4.39 Å². The van der Waals surface area contributed by atoms with Crippen LogP contribution in [0, 0.1) is 5.82 Å². The maximum absolute atomic E-state index is 13.2. The predicted octanol–water partition coefficient (Wildman–Crippen LogP) is 1.28. The van der Waals surface area contributed by atoms with E-state index in [0.29, 0.717) is 19.1 Å². The van der Waals surface area contributed by atoms with Crippen molar-refractivity contribution in [3.05, 3.63) is 35.6 Å². The number of nitrogens with zero attached hydrogens (tertiary/aromatic N) is 1. The zero-order valence-electron chi connectivity index (χ0n) is 9.85. The van der Waals surface area contributed by atoms with Crippen molar-refractivity contribution in [2.24, 2.45) is 5.73 Å². The molecule has 0 radical (unpaired) electrons. The van der Waals surface area contributed by atoms with Gasteiger partial charge in [-0.1, -0.05) is 12.1 Å². The fourth-order valence-corrected chi connectivity index (χ4v) is 2.29. The van der Waals surface area contributed by atoms with Crippen molar-refractivity contribution in [3.63, 3.8) is 0 Å². The number of aliphatic hydroxyl groups is 1. The summed E-state index contributed by atoms with van der Waals surface area (Å²) in [6.07, 6.45) is 2.29. The molecule has 1 unspecified atom stereocenters. The van der Waals surface area contributed by atoms with Crippen LogP contribution in [-0.2, 0) is 0 Å². The summed E-state index contributed by atoms with van der Waals surface area (Å²) in [4.78, 5) is 2.19. The topological polar surface area (TPSA) is 49.5 Å². The van der Waals surface area contributed by atoms with Gasteiger partial charge in [-0.05, 0) is 30.5 Å². The summed E-state index contributed by atoms with van der Waals surface area (Å²) in [5.74, 6) is -0.235. The number of aliphatic hydroxyl groups excluding tert-OH is 1.